The molecule has 2 aliphatic rings. The third-order valence-electron chi connectivity index (χ3n) is 4.83. The molecule has 2 atom stereocenters. The molecular formula is C18H25N3O2. The van der Waals surface area contributed by atoms with Gasteiger partial charge in [0.1, 0.15) is 0 Å². The minimum absolute atomic E-state index is 0.0333. The molecule has 23 heavy (non-hydrogen) atoms. The van der Waals surface area contributed by atoms with Crippen molar-refractivity contribution in [1.82, 2.24) is 15.1 Å². The second kappa shape index (κ2) is 7.13. The summed E-state index contributed by atoms with van der Waals surface area (Å²) < 4.78 is 0. The Morgan fingerprint density at radius 3 is 2.39 bits per heavy atom. The molecule has 0 radical (unpaired) electrons. The maximum atomic E-state index is 12.2. The van der Waals surface area contributed by atoms with Crippen LogP contribution < -0.4 is 5.32 Å². The molecule has 2 fully saturated rings. The van der Waals surface area contributed by atoms with Crippen LogP contribution in [0.15, 0.2) is 30.3 Å². The van der Waals surface area contributed by atoms with E-state index in [1.54, 1.807) is 0 Å². The van der Waals surface area contributed by atoms with Crippen LogP contribution in [0.4, 0.5) is 0 Å². The lowest BCUT2D eigenvalue weighted by Gasteiger charge is -2.34. The van der Waals surface area contributed by atoms with E-state index in [-0.39, 0.29) is 24.3 Å². The van der Waals surface area contributed by atoms with Crippen LogP contribution in [0.2, 0.25) is 0 Å². The minimum atomic E-state index is 0.0333. The minimum Gasteiger partial charge on any atom is -0.347 e. The van der Waals surface area contributed by atoms with Crippen LogP contribution >= 0.6 is 0 Å². The fourth-order valence-electron chi connectivity index (χ4n) is 3.09. The van der Waals surface area contributed by atoms with Crippen LogP contribution in [0, 0.1) is 11.8 Å². The van der Waals surface area contributed by atoms with E-state index in [0.29, 0.717) is 5.92 Å². The molecule has 124 valence electrons. The van der Waals surface area contributed by atoms with Crippen LogP contribution in [-0.4, -0.2) is 54.3 Å². The Labute approximate surface area is 137 Å². The summed E-state index contributed by atoms with van der Waals surface area (Å²) >= 11 is 0. The van der Waals surface area contributed by atoms with Crippen molar-refractivity contribution in [3.8, 4) is 0 Å². The van der Waals surface area contributed by atoms with Crippen molar-refractivity contribution in [3.05, 3.63) is 35.9 Å². The number of benzene rings is 1. The van der Waals surface area contributed by atoms with E-state index < -0.39 is 0 Å². The van der Waals surface area contributed by atoms with Crippen molar-refractivity contribution in [1.29, 1.82) is 0 Å². The quantitative estimate of drug-likeness (QED) is 0.885. The largest absolute Gasteiger partial charge is 0.347 e. The zero-order valence-electron chi connectivity index (χ0n) is 13.7. The van der Waals surface area contributed by atoms with Gasteiger partial charge < -0.3 is 10.2 Å². The average Bonchev–Trinajstić information content (AvgIpc) is 3.31. The lowest BCUT2D eigenvalue weighted by Crippen LogP contribution is -2.51. The van der Waals surface area contributed by atoms with Crippen molar-refractivity contribution >= 4 is 11.8 Å². The smallest absolute Gasteiger partial charge is 0.242 e. The molecule has 1 saturated heterocycles. The van der Waals surface area contributed by atoms with E-state index in [1.807, 2.05) is 11.0 Å². The summed E-state index contributed by atoms with van der Waals surface area (Å²) in [6.45, 7) is 6.38. The lowest BCUT2D eigenvalue weighted by molar-refractivity contribution is -0.134. The molecule has 3 rings (SSSR count). The molecule has 5 nitrogen and oxygen atoms in total. The molecule has 0 unspecified atom stereocenters. The summed E-state index contributed by atoms with van der Waals surface area (Å²) in [5.74, 6) is 0.678. The van der Waals surface area contributed by atoms with Gasteiger partial charge in [-0.05, 0) is 17.9 Å². The number of nitrogens with one attached hydrogen (secondary N) is 1. The van der Waals surface area contributed by atoms with Crippen LogP contribution in [0.5, 0.6) is 0 Å². The van der Waals surface area contributed by atoms with Crippen LogP contribution in [0.3, 0.4) is 0 Å². The Balaban J connectivity index is 1.38. The van der Waals surface area contributed by atoms with Gasteiger partial charge in [0.15, 0.2) is 0 Å². The molecule has 0 bridgehead atoms. The maximum absolute atomic E-state index is 12.2. The van der Waals surface area contributed by atoms with Gasteiger partial charge in [-0.25, -0.2) is 0 Å². The Bertz CT molecular complexity index is 553. The Hall–Kier alpha value is -1.88. The Morgan fingerprint density at radius 1 is 1.13 bits per heavy atom. The predicted molar refractivity (Wildman–Crippen MR) is 88.6 cm³/mol. The second-order valence-electron chi connectivity index (χ2n) is 6.68. The maximum Gasteiger partial charge on any atom is 0.242 e. The molecule has 1 aromatic carbocycles. The first-order valence-electron chi connectivity index (χ1n) is 8.45. The number of hydrogen-bond donors (Lipinski definition) is 1. The van der Waals surface area contributed by atoms with Gasteiger partial charge in [-0.15, -0.1) is 0 Å². The first-order chi connectivity index (χ1) is 11.1. The van der Waals surface area contributed by atoms with E-state index in [2.05, 4.69) is 41.4 Å². The molecule has 1 aliphatic heterocycles. The van der Waals surface area contributed by atoms with E-state index >= 15 is 0 Å². The van der Waals surface area contributed by atoms with Crippen LogP contribution in [0.25, 0.3) is 0 Å². The SMILES string of the molecule is C[C@@H]1C[C@H]1C(=O)NCC(=O)N1CCN(Cc2ccccc2)CC1. The summed E-state index contributed by atoms with van der Waals surface area (Å²) in [6, 6.07) is 10.4. The Kier molecular flexibility index (Phi) is 4.96. The van der Waals surface area contributed by atoms with Gasteiger partial charge in [0.25, 0.3) is 0 Å². The van der Waals surface area contributed by atoms with Crippen molar-refractivity contribution in [2.24, 2.45) is 11.8 Å². The van der Waals surface area contributed by atoms with Crippen molar-refractivity contribution in [3.63, 3.8) is 0 Å². The van der Waals surface area contributed by atoms with Gasteiger partial charge in [0, 0.05) is 38.6 Å². The van der Waals surface area contributed by atoms with E-state index in [9.17, 15) is 9.59 Å². The first-order valence-corrected chi connectivity index (χ1v) is 8.45. The molecule has 1 aliphatic carbocycles. The third kappa shape index (κ3) is 4.32. The normalized spacial score (nSPS) is 24.3. The number of carbonyl (C=O) groups excluding carboxylic acids is 2. The molecule has 2 amide bonds. The van der Waals surface area contributed by atoms with Crippen LogP contribution in [-0.2, 0) is 16.1 Å². The van der Waals surface area contributed by atoms with E-state index in [0.717, 1.165) is 39.1 Å². The summed E-state index contributed by atoms with van der Waals surface area (Å²) in [6.07, 6.45) is 0.957. The zero-order valence-corrected chi connectivity index (χ0v) is 13.7. The average molecular weight is 315 g/mol. The number of amides is 2. The molecule has 5 heteroatoms. The highest BCUT2D eigenvalue weighted by molar-refractivity contribution is 5.87. The van der Waals surface area contributed by atoms with Crippen LogP contribution in [0.1, 0.15) is 18.9 Å². The topological polar surface area (TPSA) is 52.7 Å². The Morgan fingerprint density at radius 2 is 1.78 bits per heavy atom. The molecule has 0 aromatic heterocycles. The van der Waals surface area contributed by atoms with Gasteiger partial charge in [-0.1, -0.05) is 37.3 Å². The highest BCUT2D eigenvalue weighted by Gasteiger charge is 2.39. The monoisotopic (exact) mass is 315 g/mol. The van der Waals surface area contributed by atoms with Gasteiger partial charge in [0.2, 0.25) is 11.8 Å². The highest BCUT2D eigenvalue weighted by Crippen LogP contribution is 2.37. The van der Waals surface area contributed by atoms with Gasteiger partial charge >= 0.3 is 0 Å². The molecule has 1 saturated carbocycles. The van der Waals surface area contributed by atoms with E-state index in [1.165, 1.54) is 5.56 Å². The number of rotatable bonds is 5. The third-order valence-corrected chi connectivity index (χ3v) is 4.83. The summed E-state index contributed by atoms with van der Waals surface area (Å²) in [5.41, 5.74) is 1.30. The number of hydrogen-bond acceptors (Lipinski definition) is 3. The zero-order chi connectivity index (χ0) is 16.2. The highest BCUT2D eigenvalue weighted by atomic mass is 16.2. The fraction of sp³-hybridized carbons (Fsp3) is 0.556. The number of piperazine rings is 1. The lowest BCUT2D eigenvalue weighted by atomic mass is 10.2. The molecule has 1 heterocycles. The van der Waals surface area contributed by atoms with Gasteiger partial charge in [-0.3, -0.25) is 14.5 Å². The standard InChI is InChI=1S/C18H25N3O2/c1-14-11-16(14)18(23)19-12-17(22)21-9-7-20(8-10-21)13-15-5-3-2-4-6-15/h2-6,14,16H,7-13H2,1H3,(H,19,23)/t14-,16-/m1/s1. The number of nitrogens with zero attached hydrogens (tertiary/aromatic N) is 2. The molecule has 1 N–H and O–H groups in total. The summed E-state index contributed by atoms with van der Waals surface area (Å²) in [5, 5.41) is 2.78. The van der Waals surface area contributed by atoms with Crippen molar-refractivity contribution in [2.45, 2.75) is 19.9 Å². The molecule has 1 aromatic rings. The number of carbonyl (C=O) groups is 2. The molecule has 0 spiro atoms. The predicted octanol–water partition coefficient (Wildman–Crippen LogP) is 1.10. The molecular weight excluding hydrogens is 290 g/mol. The summed E-state index contributed by atoms with van der Waals surface area (Å²) in [4.78, 5) is 28.2. The van der Waals surface area contributed by atoms with Gasteiger partial charge in [-0.2, -0.15) is 0 Å². The van der Waals surface area contributed by atoms with Gasteiger partial charge in [0.05, 0.1) is 6.54 Å². The first kappa shape index (κ1) is 16.0. The van der Waals surface area contributed by atoms with Crippen molar-refractivity contribution < 1.29 is 9.59 Å². The summed E-state index contributed by atoms with van der Waals surface area (Å²) in [7, 11) is 0. The van der Waals surface area contributed by atoms with E-state index in [4.69, 9.17) is 0 Å². The second-order valence-corrected chi connectivity index (χ2v) is 6.68. The van der Waals surface area contributed by atoms with Crippen molar-refractivity contribution in [2.75, 3.05) is 32.7 Å². The fourth-order valence-corrected chi connectivity index (χ4v) is 3.09.